The van der Waals surface area contributed by atoms with Crippen molar-refractivity contribution in [2.24, 2.45) is 0 Å². The maximum absolute atomic E-state index is 11.7. The van der Waals surface area contributed by atoms with Gasteiger partial charge in [0, 0.05) is 12.6 Å². The van der Waals surface area contributed by atoms with Gasteiger partial charge in [-0.2, -0.15) is 0 Å². The first kappa shape index (κ1) is 11.3. The first-order valence-corrected chi connectivity index (χ1v) is 5.07. The van der Waals surface area contributed by atoms with E-state index >= 15 is 0 Å². The molecule has 0 spiro atoms. The van der Waals surface area contributed by atoms with Crippen molar-refractivity contribution in [2.75, 3.05) is 13.6 Å². The van der Waals surface area contributed by atoms with Gasteiger partial charge in [-0.3, -0.25) is 4.79 Å². The number of amides is 1. The van der Waals surface area contributed by atoms with E-state index in [1.54, 1.807) is 19.2 Å². The average Bonchev–Trinajstić information content (AvgIpc) is 2.17. The number of rotatable bonds is 3. The highest BCUT2D eigenvalue weighted by molar-refractivity contribution is 6.44. The molecule has 14 heavy (non-hydrogen) atoms. The van der Waals surface area contributed by atoms with Gasteiger partial charge in [0.25, 0.3) is 5.91 Å². The number of nitrogens with zero attached hydrogens (tertiary/aromatic N) is 1. The van der Waals surface area contributed by atoms with Crippen LogP contribution in [0.15, 0.2) is 30.3 Å². The average molecular weight is 232 g/mol. The number of halogens is 2. The van der Waals surface area contributed by atoms with Gasteiger partial charge in [-0.25, -0.2) is 0 Å². The van der Waals surface area contributed by atoms with Crippen LogP contribution in [0.1, 0.15) is 10.4 Å². The second-order valence-electron chi connectivity index (χ2n) is 2.94. The predicted octanol–water partition coefficient (Wildman–Crippen LogP) is 2.56. The number of carbonyl (C=O) groups excluding carboxylic acids is 1. The maximum atomic E-state index is 11.7. The molecule has 1 aromatic rings. The SMILES string of the molecule is CN(CC(Cl)Cl)C(=O)c1ccccc1. The van der Waals surface area contributed by atoms with Gasteiger partial charge in [-0.1, -0.05) is 18.2 Å². The lowest BCUT2D eigenvalue weighted by Gasteiger charge is -2.17. The maximum Gasteiger partial charge on any atom is 0.253 e. The first-order chi connectivity index (χ1) is 6.61. The van der Waals surface area contributed by atoms with E-state index in [4.69, 9.17) is 23.2 Å². The molecule has 0 bridgehead atoms. The minimum absolute atomic E-state index is 0.0723. The van der Waals surface area contributed by atoms with E-state index < -0.39 is 4.84 Å². The van der Waals surface area contributed by atoms with Crippen LogP contribution in [0.2, 0.25) is 0 Å². The van der Waals surface area contributed by atoms with Crippen molar-refractivity contribution in [1.29, 1.82) is 0 Å². The summed E-state index contributed by atoms with van der Waals surface area (Å²) in [5, 5.41) is 0. The molecular weight excluding hydrogens is 221 g/mol. The van der Waals surface area contributed by atoms with Crippen molar-refractivity contribution >= 4 is 29.1 Å². The molecule has 0 fully saturated rings. The smallest absolute Gasteiger partial charge is 0.253 e. The summed E-state index contributed by atoms with van der Waals surface area (Å²) in [6.07, 6.45) is 0. The fourth-order valence-corrected chi connectivity index (χ4v) is 1.51. The van der Waals surface area contributed by atoms with E-state index in [0.29, 0.717) is 12.1 Å². The Balaban J connectivity index is 2.66. The molecule has 0 saturated heterocycles. The fraction of sp³-hybridized carbons (Fsp3) is 0.300. The number of benzene rings is 1. The Bertz CT molecular complexity index is 300. The molecule has 0 aromatic heterocycles. The van der Waals surface area contributed by atoms with E-state index in [9.17, 15) is 4.79 Å². The Morgan fingerprint density at radius 1 is 1.36 bits per heavy atom. The Kier molecular flexibility index (Phi) is 4.23. The summed E-state index contributed by atoms with van der Waals surface area (Å²) >= 11 is 11.2. The molecule has 0 radical (unpaired) electrons. The highest BCUT2D eigenvalue weighted by atomic mass is 35.5. The molecule has 1 rings (SSSR count). The van der Waals surface area contributed by atoms with Gasteiger partial charge in [-0.05, 0) is 12.1 Å². The van der Waals surface area contributed by atoms with E-state index in [2.05, 4.69) is 0 Å². The normalized spacial score (nSPS) is 10.3. The topological polar surface area (TPSA) is 20.3 Å². The zero-order valence-electron chi connectivity index (χ0n) is 7.78. The number of hydrogen-bond acceptors (Lipinski definition) is 1. The summed E-state index contributed by atoms with van der Waals surface area (Å²) < 4.78 is 0. The van der Waals surface area contributed by atoms with Crippen molar-refractivity contribution < 1.29 is 4.79 Å². The minimum Gasteiger partial charge on any atom is -0.339 e. The monoisotopic (exact) mass is 231 g/mol. The first-order valence-electron chi connectivity index (χ1n) is 4.20. The van der Waals surface area contributed by atoms with Crippen molar-refractivity contribution in [3.05, 3.63) is 35.9 Å². The van der Waals surface area contributed by atoms with E-state index in [1.165, 1.54) is 4.90 Å². The number of carbonyl (C=O) groups is 1. The molecule has 4 heteroatoms. The van der Waals surface area contributed by atoms with Crippen molar-refractivity contribution in [2.45, 2.75) is 4.84 Å². The largest absolute Gasteiger partial charge is 0.339 e. The van der Waals surface area contributed by atoms with Crippen LogP contribution < -0.4 is 0 Å². The van der Waals surface area contributed by atoms with Crippen LogP contribution in [-0.2, 0) is 0 Å². The number of alkyl halides is 2. The lowest BCUT2D eigenvalue weighted by molar-refractivity contribution is 0.0800. The molecule has 0 aliphatic carbocycles. The van der Waals surface area contributed by atoms with Gasteiger partial charge >= 0.3 is 0 Å². The van der Waals surface area contributed by atoms with E-state index in [-0.39, 0.29) is 5.91 Å². The van der Waals surface area contributed by atoms with Gasteiger partial charge in [-0.15, -0.1) is 23.2 Å². The van der Waals surface area contributed by atoms with Crippen LogP contribution in [0.25, 0.3) is 0 Å². The number of hydrogen-bond donors (Lipinski definition) is 0. The van der Waals surface area contributed by atoms with Gasteiger partial charge in [0.15, 0.2) is 0 Å². The highest BCUT2D eigenvalue weighted by Gasteiger charge is 2.13. The summed E-state index contributed by atoms with van der Waals surface area (Å²) in [5.74, 6) is -0.0723. The third kappa shape index (κ3) is 3.20. The molecule has 1 aromatic carbocycles. The Labute approximate surface area is 93.4 Å². The standard InChI is InChI=1S/C10H11Cl2NO/c1-13(7-9(11)12)10(14)8-5-3-2-4-6-8/h2-6,9H,7H2,1H3. The third-order valence-corrected chi connectivity index (χ3v) is 2.06. The van der Waals surface area contributed by atoms with Crippen molar-refractivity contribution in [1.82, 2.24) is 4.90 Å². The summed E-state index contributed by atoms with van der Waals surface area (Å²) in [7, 11) is 1.67. The molecule has 0 atom stereocenters. The Morgan fingerprint density at radius 3 is 2.43 bits per heavy atom. The molecular formula is C10H11Cl2NO. The lowest BCUT2D eigenvalue weighted by Crippen LogP contribution is -2.30. The van der Waals surface area contributed by atoms with Crippen LogP contribution in [0.4, 0.5) is 0 Å². The minimum atomic E-state index is -0.548. The molecule has 0 saturated carbocycles. The zero-order chi connectivity index (χ0) is 10.6. The summed E-state index contributed by atoms with van der Waals surface area (Å²) in [4.78, 5) is 12.6. The van der Waals surface area contributed by atoms with E-state index in [1.807, 2.05) is 18.2 Å². The molecule has 0 N–H and O–H groups in total. The molecule has 1 amide bonds. The molecule has 2 nitrogen and oxygen atoms in total. The molecule has 76 valence electrons. The lowest BCUT2D eigenvalue weighted by atomic mass is 10.2. The summed E-state index contributed by atoms with van der Waals surface area (Å²) in [6, 6.07) is 9.02. The van der Waals surface area contributed by atoms with Crippen LogP contribution in [0.5, 0.6) is 0 Å². The zero-order valence-corrected chi connectivity index (χ0v) is 9.29. The van der Waals surface area contributed by atoms with Crippen LogP contribution in [0, 0.1) is 0 Å². The molecule has 0 heterocycles. The Morgan fingerprint density at radius 2 is 1.93 bits per heavy atom. The van der Waals surface area contributed by atoms with Crippen LogP contribution >= 0.6 is 23.2 Å². The summed E-state index contributed by atoms with van der Waals surface area (Å²) in [6.45, 7) is 0.330. The highest BCUT2D eigenvalue weighted by Crippen LogP contribution is 2.07. The third-order valence-electron chi connectivity index (χ3n) is 1.78. The second kappa shape index (κ2) is 5.23. The quantitative estimate of drug-likeness (QED) is 0.733. The van der Waals surface area contributed by atoms with Crippen molar-refractivity contribution in [3.8, 4) is 0 Å². The van der Waals surface area contributed by atoms with Crippen LogP contribution in [-0.4, -0.2) is 29.2 Å². The predicted molar refractivity (Wildman–Crippen MR) is 58.9 cm³/mol. The fourth-order valence-electron chi connectivity index (χ4n) is 1.09. The Hall–Kier alpha value is -0.730. The molecule has 0 aliphatic heterocycles. The van der Waals surface area contributed by atoms with Gasteiger partial charge in [0.1, 0.15) is 4.84 Å². The molecule has 0 aliphatic rings. The van der Waals surface area contributed by atoms with E-state index in [0.717, 1.165) is 0 Å². The van der Waals surface area contributed by atoms with Gasteiger partial charge < -0.3 is 4.90 Å². The van der Waals surface area contributed by atoms with Crippen LogP contribution in [0.3, 0.4) is 0 Å². The van der Waals surface area contributed by atoms with Gasteiger partial charge in [0.2, 0.25) is 0 Å². The van der Waals surface area contributed by atoms with Crippen molar-refractivity contribution in [3.63, 3.8) is 0 Å². The molecule has 0 unspecified atom stereocenters. The second-order valence-corrected chi connectivity index (χ2v) is 4.22. The van der Waals surface area contributed by atoms with Gasteiger partial charge in [0.05, 0.1) is 6.54 Å². The summed E-state index contributed by atoms with van der Waals surface area (Å²) in [5.41, 5.74) is 0.643.